The summed E-state index contributed by atoms with van der Waals surface area (Å²) in [5.74, 6) is 3.16. The first-order valence-electron chi connectivity index (χ1n) is 14.3. The van der Waals surface area contributed by atoms with Crippen LogP contribution in [0.25, 0.3) is 39.9 Å². The number of nitrogens with zero attached hydrogens (tertiary/aromatic N) is 5. The molecule has 3 aromatic carbocycles. The Morgan fingerprint density at radius 1 is 0.675 bits per heavy atom. The van der Waals surface area contributed by atoms with Crippen molar-refractivity contribution in [3.63, 3.8) is 0 Å². The smallest absolute Gasteiger partial charge is 0.237 e. The molecule has 0 unspecified atom stereocenters. The molecule has 5 aromatic rings. The van der Waals surface area contributed by atoms with Crippen molar-refractivity contribution in [1.29, 1.82) is 0 Å². The highest BCUT2D eigenvalue weighted by atomic mass is 15.3. The van der Waals surface area contributed by atoms with Gasteiger partial charge in [-0.1, -0.05) is 96.1 Å². The lowest BCUT2D eigenvalue weighted by atomic mass is 9.82. The van der Waals surface area contributed by atoms with Gasteiger partial charge in [0.25, 0.3) is 0 Å². The van der Waals surface area contributed by atoms with Crippen molar-refractivity contribution in [2.75, 3.05) is 0 Å². The van der Waals surface area contributed by atoms with Crippen molar-refractivity contribution in [2.24, 2.45) is 11.8 Å². The lowest BCUT2D eigenvalue weighted by molar-refractivity contribution is 0.636. The van der Waals surface area contributed by atoms with E-state index in [0.29, 0.717) is 17.8 Å². The zero-order valence-corrected chi connectivity index (χ0v) is 24.3. The first-order chi connectivity index (χ1) is 19.3. The fourth-order valence-electron chi connectivity index (χ4n) is 6.23. The standard InChI is InChI=1S/C35H37N5/c1-22(2)19-24-11-9-12-25(20-23(3)4)31(24)33-39-38-32(40(33)34-36-17-10-18-37-34)26-15-16-28-27-13-7-8-14-29(27)35(5,6)30(28)21-26/h7-18,21-23H,19-20H2,1-6H3. The summed E-state index contributed by atoms with van der Waals surface area (Å²) < 4.78 is 2.06. The van der Waals surface area contributed by atoms with Gasteiger partial charge in [-0.15, -0.1) is 10.2 Å². The van der Waals surface area contributed by atoms with Crippen molar-refractivity contribution in [1.82, 2.24) is 24.7 Å². The fraction of sp³-hybridized carbons (Fsp3) is 0.314. The second-order valence-corrected chi connectivity index (χ2v) is 12.3. The first kappa shape index (κ1) is 26.1. The quantitative estimate of drug-likeness (QED) is 0.215. The van der Waals surface area contributed by atoms with E-state index in [0.717, 1.165) is 35.6 Å². The van der Waals surface area contributed by atoms with E-state index in [2.05, 4.69) is 117 Å². The highest BCUT2D eigenvalue weighted by molar-refractivity contribution is 5.83. The van der Waals surface area contributed by atoms with Crippen LogP contribution >= 0.6 is 0 Å². The molecule has 1 aliphatic rings. The number of aromatic nitrogens is 5. The fourth-order valence-corrected chi connectivity index (χ4v) is 6.23. The normalized spacial score (nSPS) is 13.6. The van der Waals surface area contributed by atoms with Crippen LogP contribution in [0, 0.1) is 11.8 Å². The van der Waals surface area contributed by atoms with Crippen LogP contribution in [0.5, 0.6) is 0 Å². The number of hydrogen-bond donors (Lipinski definition) is 0. The van der Waals surface area contributed by atoms with Gasteiger partial charge in [0.15, 0.2) is 11.6 Å². The van der Waals surface area contributed by atoms with Crippen LogP contribution in [-0.2, 0) is 18.3 Å². The van der Waals surface area contributed by atoms with E-state index >= 15 is 0 Å². The molecule has 6 rings (SSSR count). The van der Waals surface area contributed by atoms with Crippen LogP contribution in [0.15, 0.2) is 79.1 Å². The second-order valence-electron chi connectivity index (χ2n) is 12.3. The molecule has 0 fully saturated rings. The molecule has 0 saturated carbocycles. The summed E-state index contributed by atoms with van der Waals surface area (Å²) >= 11 is 0. The Labute approximate surface area is 237 Å². The van der Waals surface area contributed by atoms with E-state index in [1.54, 1.807) is 12.4 Å². The van der Waals surface area contributed by atoms with Gasteiger partial charge in [0.2, 0.25) is 5.95 Å². The molecule has 0 atom stereocenters. The Morgan fingerprint density at radius 2 is 1.30 bits per heavy atom. The lowest BCUT2D eigenvalue weighted by Crippen LogP contribution is -2.15. The minimum Gasteiger partial charge on any atom is -0.242 e. The van der Waals surface area contributed by atoms with E-state index in [1.807, 2.05) is 6.07 Å². The molecule has 5 nitrogen and oxygen atoms in total. The molecule has 0 N–H and O–H groups in total. The average molecular weight is 528 g/mol. The van der Waals surface area contributed by atoms with Crippen LogP contribution in [0.3, 0.4) is 0 Å². The molecule has 0 amide bonds. The molecule has 0 bridgehead atoms. The van der Waals surface area contributed by atoms with Crippen molar-refractivity contribution in [3.8, 4) is 39.9 Å². The highest BCUT2D eigenvalue weighted by Crippen LogP contribution is 2.49. The van der Waals surface area contributed by atoms with Gasteiger partial charge in [0.05, 0.1) is 0 Å². The van der Waals surface area contributed by atoms with E-state index in [9.17, 15) is 0 Å². The summed E-state index contributed by atoms with van der Waals surface area (Å²) in [7, 11) is 0. The molecule has 2 heterocycles. The Morgan fingerprint density at radius 3 is 1.98 bits per heavy atom. The molecule has 0 radical (unpaired) electrons. The molecule has 1 aliphatic carbocycles. The summed E-state index contributed by atoms with van der Waals surface area (Å²) in [5, 5.41) is 9.71. The van der Waals surface area contributed by atoms with Gasteiger partial charge < -0.3 is 0 Å². The molecular formula is C35H37N5. The minimum atomic E-state index is -0.104. The molecule has 40 heavy (non-hydrogen) atoms. The van der Waals surface area contributed by atoms with E-state index in [4.69, 9.17) is 10.2 Å². The predicted octanol–water partition coefficient (Wildman–Crippen LogP) is 8.09. The first-order valence-corrected chi connectivity index (χ1v) is 14.3. The topological polar surface area (TPSA) is 56.5 Å². The molecule has 0 aliphatic heterocycles. The number of hydrogen-bond acceptors (Lipinski definition) is 4. The largest absolute Gasteiger partial charge is 0.242 e. The zero-order valence-electron chi connectivity index (χ0n) is 24.3. The number of benzene rings is 3. The predicted molar refractivity (Wildman–Crippen MR) is 162 cm³/mol. The molecular weight excluding hydrogens is 490 g/mol. The Kier molecular flexibility index (Phi) is 6.61. The van der Waals surface area contributed by atoms with Crippen LogP contribution < -0.4 is 0 Å². The van der Waals surface area contributed by atoms with Crippen molar-refractivity contribution < 1.29 is 0 Å². The summed E-state index contributed by atoms with van der Waals surface area (Å²) in [6, 6.07) is 23.9. The van der Waals surface area contributed by atoms with E-state index in [-0.39, 0.29) is 5.41 Å². The Balaban J connectivity index is 1.59. The Hall–Kier alpha value is -4.12. The van der Waals surface area contributed by atoms with Gasteiger partial charge in [-0.25, -0.2) is 14.5 Å². The van der Waals surface area contributed by atoms with E-state index < -0.39 is 0 Å². The maximum absolute atomic E-state index is 4.88. The van der Waals surface area contributed by atoms with Gasteiger partial charge in [0, 0.05) is 28.9 Å². The monoisotopic (exact) mass is 527 g/mol. The van der Waals surface area contributed by atoms with Crippen LogP contribution in [-0.4, -0.2) is 24.7 Å². The van der Waals surface area contributed by atoms with Crippen molar-refractivity contribution in [3.05, 3.63) is 101 Å². The van der Waals surface area contributed by atoms with Gasteiger partial charge in [-0.05, 0) is 70.2 Å². The lowest BCUT2D eigenvalue weighted by Gasteiger charge is -2.22. The van der Waals surface area contributed by atoms with Crippen LogP contribution in [0.4, 0.5) is 0 Å². The molecule has 0 spiro atoms. The summed E-state index contributed by atoms with van der Waals surface area (Å²) in [6.45, 7) is 13.7. The van der Waals surface area contributed by atoms with Gasteiger partial charge in [-0.2, -0.15) is 0 Å². The highest BCUT2D eigenvalue weighted by Gasteiger charge is 2.36. The molecule has 202 valence electrons. The van der Waals surface area contributed by atoms with Crippen LogP contribution in [0.2, 0.25) is 0 Å². The average Bonchev–Trinajstić information content (AvgIpc) is 3.46. The SMILES string of the molecule is CC(C)Cc1cccc(CC(C)C)c1-c1nnc(-c2ccc3c(c2)C(C)(C)c2ccccc2-3)n1-c1ncccn1. The molecule has 5 heteroatoms. The zero-order chi connectivity index (χ0) is 28.0. The number of fused-ring (bicyclic) bond motifs is 3. The third kappa shape index (κ3) is 4.43. The maximum atomic E-state index is 4.88. The van der Waals surface area contributed by atoms with Crippen LogP contribution in [0.1, 0.15) is 63.8 Å². The second kappa shape index (κ2) is 10.1. The summed E-state index contributed by atoms with van der Waals surface area (Å²) in [4.78, 5) is 9.36. The van der Waals surface area contributed by atoms with Crippen molar-refractivity contribution in [2.45, 2.75) is 59.8 Å². The number of rotatable bonds is 7. The van der Waals surface area contributed by atoms with Gasteiger partial charge in [0.1, 0.15) is 0 Å². The van der Waals surface area contributed by atoms with Crippen molar-refractivity contribution >= 4 is 0 Å². The van der Waals surface area contributed by atoms with Gasteiger partial charge >= 0.3 is 0 Å². The molecule has 0 saturated heterocycles. The molecule has 2 aromatic heterocycles. The van der Waals surface area contributed by atoms with E-state index in [1.165, 1.54) is 33.4 Å². The maximum Gasteiger partial charge on any atom is 0.237 e. The third-order valence-electron chi connectivity index (χ3n) is 7.97. The Bertz CT molecular complexity index is 1650. The third-order valence-corrected chi connectivity index (χ3v) is 7.97. The minimum absolute atomic E-state index is 0.104. The summed E-state index contributed by atoms with van der Waals surface area (Å²) in [5.41, 5.74) is 9.89. The summed E-state index contributed by atoms with van der Waals surface area (Å²) in [6.07, 6.45) is 5.50. The van der Waals surface area contributed by atoms with Gasteiger partial charge in [-0.3, -0.25) is 0 Å².